The molecule has 0 saturated heterocycles. The smallest absolute Gasteiger partial charge is 0.306 e. The zero-order valence-electron chi connectivity index (χ0n) is 16.9. The largest absolute Gasteiger partial charge is 0.497 e. The Morgan fingerprint density at radius 2 is 1.43 bits per heavy atom. The van der Waals surface area contributed by atoms with Crippen molar-refractivity contribution in [3.8, 4) is 28.7 Å². The Bertz CT molecular complexity index is 776. The number of hydrogen-bond donors (Lipinski definition) is 0. The summed E-state index contributed by atoms with van der Waals surface area (Å²) in [6, 6.07) is 8.98. The molecular formula is C21H26O7. The fourth-order valence-electron chi connectivity index (χ4n) is 2.75. The fourth-order valence-corrected chi connectivity index (χ4v) is 2.75. The van der Waals surface area contributed by atoms with Crippen LogP contribution in [0.4, 0.5) is 0 Å². The van der Waals surface area contributed by atoms with Crippen molar-refractivity contribution in [3.05, 3.63) is 41.5 Å². The molecule has 7 heteroatoms. The van der Waals surface area contributed by atoms with E-state index in [1.54, 1.807) is 53.7 Å². The van der Waals surface area contributed by atoms with Gasteiger partial charge in [0.2, 0.25) is 5.75 Å². The Balaban J connectivity index is 2.00. The molecule has 0 N–H and O–H groups in total. The molecule has 0 bridgehead atoms. The highest BCUT2D eigenvalue weighted by Gasteiger charge is 2.15. The van der Waals surface area contributed by atoms with Gasteiger partial charge in [-0.25, -0.2) is 0 Å². The lowest BCUT2D eigenvalue weighted by molar-refractivity contribution is -0.144. The number of aryl methyl sites for hydroxylation is 1. The molecule has 7 nitrogen and oxygen atoms in total. The van der Waals surface area contributed by atoms with E-state index in [9.17, 15) is 4.79 Å². The van der Waals surface area contributed by atoms with Gasteiger partial charge in [0.1, 0.15) is 18.1 Å². The van der Waals surface area contributed by atoms with Crippen LogP contribution in [0.5, 0.6) is 28.7 Å². The van der Waals surface area contributed by atoms with Crippen LogP contribution in [0.3, 0.4) is 0 Å². The van der Waals surface area contributed by atoms with Gasteiger partial charge in [-0.15, -0.1) is 0 Å². The number of hydrogen-bond acceptors (Lipinski definition) is 7. The third-order valence-corrected chi connectivity index (χ3v) is 4.22. The van der Waals surface area contributed by atoms with Gasteiger partial charge in [-0.2, -0.15) is 0 Å². The molecule has 0 aliphatic rings. The maximum absolute atomic E-state index is 12.2. The number of benzene rings is 2. The maximum Gasteiger partial charge on any atom is 0.306 e. The van der Waals surface area contributed by atoms with Crippen molar-refractivity contribution in [2.75, 3.05) is 35.5 Å². The molecule has 0 atom stereocenters. The first-order valence-electron chi connectivity index (χ1n) is 8.71. The van der Waals surface area contributed by atoms with Crippen LogP contribution in [0.25, 0.3) is 0 Å². The topological polar surface area (TPSA) is 72.5 Å². The van der Waals surface area contributed by atoms with Crippen molar-refractivity contribution in [1.29, 1.82) is 0 Å². The first kappa shape index (κ1) is 21.2. The number of carbonyl (C=O) groups excluding carboxylic acids is 1. The molecule has 0 spiro atoms. The third kappa shape index (κ3) is 5.22. The first-order valence-corrected chi connectivity index (χ1v) is 8.71. The molecule has 0 aromatic heterocycles. The van der Waals surface area contributed by atoms with Crippen molar-refractivity contribution in [1.82, 2.24) is 0 Å². The van der Waals surface area contributed by atoms with Crippen LogP contribution >= 0.6 is 0 Å². The minimum absolute atomic E-state index is 0.106. The van der Waals surface area contributed by atoms with E-state index >= 15 is 0 Å². The quantitative estimate of drug-likeness (QED) is 0.576. The predicted octanol–water partition coefficient (Wildman–Crippen LogP) is 3.41. The first-order chi connectivity index (χ1) is 13.6. The van der Waals surface area contributed by atoms with Gasteiger partial charge in [-0.05, 0) is 42.3 Å². The van der Waals surface area contributed by atoms with Crippen molar-refractivity contribution in [2.45, 2.75) is 19.4 Å². The van der Waals surface area contributed by atoms with Gasteiger partial charge in [0.05, 0.1) is 35.5 Å². The zero-order chi connectivity index (χ0) is 20.5. The summed E-state index contributed by atoms with van der Waals surface area (Å²) in [6.07, 6.45) is 0.690. The summed E-state index contributed by atoms with van der Waals surface area (Å²) in [6.45, 7) is 0.106. The van der Waals surface area contributed by atoms with E-state index in [2.05, 4.69) is 0 Å². The van der Waals surface area contributed by atoms with E-state index in [4.69, 9.17) is 28.4 Å². The summed E-state index contributed by atoms with van der Waals surface area (Å²) >= 11 is 0. The molecular weight excluding hydrogens is 364 g/mol. The SMILES string of the molecule is COc1ccc(OC)c(COC(=O)CCc2cc(OC)c(OC)c(OC)c2)c1. The Morgan fingerprint density at radius 1 is 0.786 bits per heavy atom. The highest BCUT2D eigenvalue weighted by molar-refractivity contribution is 5.70. The highest BCUT2D eigenvalue weighted by atomic mass is 16.5. The lowest BCUT2D eigenvalue weighted by atomic mass is 10.1. The molecule has 2 aromatic rings. The molecule has 0 radical (unpaired) electrons. The van der Waals surface area contributed by atoms with Crippen LogP contribution in [-0.2, 0) is 22.6 Å². The van der Waals surface area contributed by atoms with Gasteiger partial charge in [0, 0.05) is 12.0 Å². The Morgan fingerprint density at radius 3 is 1.96 bits per heavy atom. The molecule has 0 aliphatic heterocycles. The fraction of sp³-hybridized carbons (Fsp3) is 0.381. The molecule has 152 valence electrons. The number of esters is 1. The summed E-state index contributed by atoms with van der Waals surface area (Å²) in [4.78, 5) is 12.2. The summed E-state index contributed by atoms with van der Waals surface area (Å²) in [5.41, 5.74) is 1.62. The van der Waals surface area contributed by atoms with E-state index in [0.717, 1.165) is 11.1 Å². The van der Waals surface area contributed by atoms with E-state index in [1.807, 2.05) is 12.1 Å². The van der Waals surface area contributed by atoms with Gasteiger partial charge < -0.3 is 28.4 Å². The van der Waals surface area contributed by atoms with E-state index in [-0.39, 0.29) is 19.0 Å². The van der Waals surface area contributed by atoms with Crippen LogP contribution in [0, 0.1) is 0 Å². The lowest BCUT2D eigenvalue weighted by Gasteiger charge is -2.14. The molecule has 0 unspecified atom stereocenters. The number of ether oxygens (including phenoxy) is 6. The van der Waals surface area contributed by atoms with Crippen LogP contribution in [0.2, 0.25) is 0 Å². The van der Waals surface area contributed by atoms with E-state index < -0.39 is 0 Å². The normalized spacial score (nSPS) is 10.2. The Hall–Kier alpha value is -3.09. The summed E-state index contributed by atoms with van der Waals surface area (Å²) in [5.74, 6) is 2.60. The van der Waals surface area contributed by atoms with Crippen LogP contribution in [0.15, 0.2) is 30.3 Å². The van der Waals surface area contributed by atoms with Crippen molar-refractivity contribution in [3.63, 3.8) is 0 Å². The summed E-state index contributed by atoms with van der Waals surface area (Å²) in [7, 11) is 7.80. The molecule has 2 rings (SSSR count). The number of carbonyl (C=O) groups is 1. The van der Waals surface area contributed by atoms with E-state index in [0.29, 0.717) is 35.2 Å². The van der Waals surface area contributed by atoms with Gasteiger partial charge in [0.15, 0.2) is 11.5 Å². The Labute approximate surface area is 165 Å². The second kappa shape index (κ2) is 10.3. The lowest BCUT2D eigenvalue weighted by Crippen LogP contribution is -2.07. The van der Waals surface area contributed by atoms with Crippen molar-refractivity contribution in [2.24, 2.45) is 0 Å². The summed E-state index contributed by atoms with van der Waals surface area (Å²) < 4.78 is 31.8. The molecule has 2 aromatic carbocycles. The molecule has 0 heterocycles. The monoisotopic (exact) mass is 390 g/mol. The highest BCUT2D eigenvalue weighted by Crippen LogP contribution is 2.38. The second-order valence-corrected chi connectivity index (χ2v) is 5.87. The molecule has 0 fully saturated rings. The maximum atomic E-state index is 12.2. The van der Waals surface area contributed by atoms with Gasteiger partial charge >= 0.3 is 5.97 Å². The minimum Gasteiger partial charge on any atom is -0.497 e. The van der Waals surface area contributed by atoms with Crippen molar-refractivity contribution < 1.29 is 33.2 Å². The molecule has 0 aliphatic carbocycles. The van der Waals surface area contributed by atoms with Gasteiger partial charge in [-0.3, -0.25) is 4.79 Å². The van der Waals surface area contributed by atoms with Gasteiger partial charge in [-0.1, -0.05) is 0 Å². The summed E-state index contributed by atoms with van der Waals surface area (Å²) in [5, 5.41) is 0. The zero-order valence-corrected chi connectivity index (χ0v) is 16.9. The predicted molar refractivity (Wildman–Crippen MR) is 104 cm³/mol. The average molecular weight is 390 g/mol. The standard InChI is InChI=1S/C21H26O7/c1-23-16-7-8-17(24-2)15(12-16)13-28-20(22)9-6-14-10-18(25-3)21(27-5)19(11-14)26-4/h7-8,10-12H,6,9,13H2,1-5H3. The Kier molecular flexibility index (Phi) is 7.80. The van der Waals surface area contributed by atoms with Crippen LogP contribution in [-0.4, -0.2) is 41.5 Å². The van der Waals surface area contributed by atoms with Crippen LogP contribution < -0.4 is 23.7 Å². The second-order valence-electron chi connectivity index (χ2n) is 5.87. The van der Waals surface area contributed by atoms with Crippen LogP contribution in [0.1, 0.15) is 17.5 Å². The molecule has 28 heavy (non-hydrogen) atoms. The number of methoxy groups -OCH3 is 5. The molecule has 0 amide bonds. The third-order valence-electron chi connectivity index (χ3n) is 4.22. The van der Waals surface area contributed by atoms with Crippen molar-refractivity contribution >= 4 is 5.97 Å². The molecule has 0 saturated carbocycles. The average Bonchev–Trinajstić information content (AvgIpc) is 2.74. The number of rotatable bonds is 10. The van der Waals surface area contributed by atoms with Gasteiger partial charge in [0.25, 0.3) is 0 Å². The van der Waals surface area contributed by atoms with E-state index in [1.165, 1.54) is 0 Å². The minimum atomic E-state index is -0.321.